The number of furan rings is 1. The highest BCUT2D eigenvalue weighted by atomic mass is 16.3. The number of nitriles is 1. The molecule has 0 radical (unpaired) electrons. The van der Waals surface area contributed by atoms with Gasteiger partial charge in [0.15, 0.2) is 0 Å². The molecule has 0 saturated carbocycles. The van der Waals surface area contributed by atoms with Crippen LogP contribution in [-0.2, 0) is 0 Å². The molecule has 2 aromatic heterocycles. The van der Waals surface area contributed by atoms with Gasteiger partial charge >= 0.3 is 0 Å². The third-order valence-corrected chi connectivity index (χ3v) is 3.13. The van der Waals surface area contributed by atoms with E-state index in [2.05, 4.69) is 10.3 Å². The van der Waals surface area contributed by atoms with Crippen LogP contribution >= 0.6 is 0 Å². The molecule has 0 saturated heterocycles. The molecule has 0 amide bonds. The molecule has 4 nitrogen and oxygen atoms in total. The van der Waals surface area contributed by atoms with E-state index in [-0.39, 0.29) is 6.04 Å². The van der Waals surface area contributed by atoms with Crippen molar-refractivity contribution in [1.82, 2.24) is 4.98 Å². The van der Waals surface area contributed by atoms with E-state index in [9.17, 15) is 0 Å². The number of hydrogen-bond donors (Lipinski definition) is 1. The highest BCUT2D eigenvalue weighted by molar-refractivity contribution is 5.77. The summed E-state index contributed by atoms with van der Waals surface area (Å²) in [6.07, 6.45) is 1.55. The molecule has 98 valence electrons. The van der Waals surface area contributed by atoms with E-state index in [1.54, 1.807) is 18.3 Å². The predicted octanol–water partition coefficient (Wildman–Crippen LogP) is 3.87. The van der Waals surface area contributed by atoms with Gasteiger partial charge < -0.3 is 9.73 Å². The van der Waals surface area contributed by atoms with E-state index in [1.807, 2.05) is 43.3 Å². The molecule has 1 aromatic carbocycles. The van der Waals surface area contributed by atoms with E-state index >= 15 is 0 Å². The zero-order valence-electron chi connectivity index (χ0n) is 11.0. The quantitative estimate of drug-likeness (QED) is 0.779. The van der Waals surface area contributed by atoms with Gasteiger partial charge in [-0.05, 0) is 31.2 Å². The third kappa shape index (κ3) is 2.34. The average Bonchev–Trinajstić information content (AvgIpc) is 2.92. The molecule has 4 heteroatoms. The first kappa shape index (κ1) is 12.2. The summed E-state index contributed by atoms with van der Waals surface area (Å²) in [5.74, 6) is 1.58. The second-order valence-electron chi connectivity index (χ2n) is 4.60. The molecular weight excluding hydrogens is 250 g/mol. The fourth-order valence-corrected chi connectivity index (χ4v) is 2.05. The van der Waals surface area contributed by atoms with Crippen LogP contribution in [0.15, 0.2) is 53.1 Å². The second kappa shape index (κ2) is 5.06. The van der Waals surface area contributed by atoms with Crippen LogP contribution in [0.25, 0.3) is 11.0 Å². The van der Waals surface area contributed by atoms with Crippen molar-refractivity contribution in [3.63, 3.8) is 0 Å². The van der Waals surface area contributed by atoms with Crippen LogP contribution in [0, 0.1) is 11.3 Å². The number of hydrogen-bond acceptors (Lipinski definition) is 4. The Morgan fingerprint density at radius 1 is 1.25 bits per heavy atom. The van der Waals surface area contributed by atoms with Gasteiger partial charge in [-0.25, -0.2) is 4.98 Å². The summed E-state index contributed by atoms with van der Waals surface area (Å²) in [7, 11) is 0. The van der Waals surface area contributed by atoms with Gasteiger partial charge in [0, 0.05) is 11.6 Å². The Kier molecular flexibility index (Phi) is 3.10. The molecule has 20 heavy (non-hydrogen) atoms. The van der Waals surface area contributed by atoms with Crippen LogP contribution in [0.4, 0.5) is 5.82 Å². The molecule has 0 fully saturated rings. The second-order valence-corrected chi connectivity index (χ2v) is 4.60. The molecule has 0 aliphatic heterocycles. The van der Waals surface area contributed by atoms with E-state index in [1.165, 1.54) is 0 Å². The van der Waals surface area contributed by atoms with Gasteiger partial charge in [0.1, 0.15) is 23.2 Å². The highest BCUT2D eigenvalue weighted by Gasteiger charge is 2.11. The van der Waals surface area contributed by atoms with Crippen molar-refractivity contribution in [3.8, 4) is 6.07 Å². The Balaban J connectivity index is 1.81. The summed E-state index contributed by atoms with van der Waals surface area (Å²) in [5, 5.41) is 13.1. The summed E-state index contributed by atoms with van der Waals surface area (Å²) < 4.78 is 5.80. The Bertz CT molecular complexity index is 735. The monoisotopic (exact) mass is 263 g/mol. The number of anilines is 1. The summed E-state index contributed by atoms with van der Waals surface area (Å²) in [6.45, 7) is 2.01. The van der Waals surface area contributed by atoms with Gasteiger partial charge in [-0.1, -0.05) is 18.2 Å². The van der Waals surface area contributed by atoms with E-state index in [0.29, 0.717) is 5.56 Å². The topological polar surface area (TPSA) is 61.9 Å². The SMILES string of the molecule is CC(Nc1ccc(C#N)cn1)c1cc2ccccc2o1. The van der Waals surface area contributed by atoms with Crippen LogP contribution in [0.3, 0.4) is 0 Å². The van der Waals surface area contributed by atoms with Crippen molar-refractivity contribution in [2.75, 3.05) is 5.32 Å². The maximum absolute atomic E-state index is 8.74. The van der Waals surface area contributed by atoms with Gasteiger partial charge in [0.2, 0.25) is 0 Å². The van der Waals surface area contributed by atoms with Crippen LogP contribution in [-0.4, -0.2) is 4.98 Å². The number of benzene rings is 1. The maximum Gasteiger partial charge on any atom is 0.134 e. The predicted molar refractivity (Wildman–Crippen MR) is 77.2 cm³/mol. The van der Waals surface area contributed by atoms with E-state index < -0.39 is 0 Å². The Morgan fingerprint density at radius 3 is 2.80 bits per heavy atom. The minimum Gasteiger partial charge on any atom is -0.459 e. The zero-order chi connectivity index (χ0) is 13.9. The van der Waals surface area contributed by atoms with Gasteiger partial charge in [-0.15, -0.1) is 0 Å². The summed E-state index contributed by atoms with van der Waals surface area (Å²) in [5.41, 5.74) is 1.43. The normalized spacial score (nSPS) is 12.0. The standard InChI is InChI=1S/C16H13N3O/c1-11(19-16-7-6-12(9-17)10-18-16)15-8-13-4-2-3-5-14(13)20-15/h2-8,10-11H,1H3,(H,18,19). The van der Waals surface area contributed by atoms with E-state index in [0.717, 1.165) is 22.5 Å². The smallest absolute Gasteiger partial charge is 0.134 e. The first-order chi connectivity index (χ1) is 9.76. The first-order valence-corrected chi connectivity index (χ1v) is 6.37. The van der Waals surface area contributed by atoms with E-state index in [4.69, 9.17) is 9.68 Å². The molecular formula is C16H13N3O. The maximum atomic E-state index is 8.74. The number of fused-ring (bicyclic) bond motifs is 1. The molecule has 0 aliphatic carbocycles. The van der Waals surface area contributed by atoms with Crippen LogP contribution in [0.1, 0.15) is 24.3 Å². The Morgan fingerprint density at radius 2 is 2.10 bits per heavy atom. The first-order valence-electron chi connectivity index (χ1n) is 6.37. The van der Waals surface area contributed by atoms with Gasteiger partial charge in [-0.2, -0.15) is 5.26 Å². The van der Waals surface area contributed by atoms with Crippen molar-refractivity contribution in [2.24, 2.45) is 0 Å². The van der Waals surface area contributed by atoms with Gasteiger partial charge in [-0.3, -0.25) is 0 Å². The van der Waals surface area contributed by atoms with Crippen LogP contribution < -0.4 is 5.32 Å². The van der Waals surface area contributed by atoms with Crippen molar-refractivity contribution in [2.45, 2.75) is 13.0 Å². The molecule has 1 N–H and O–H groups in total. The lowest BCUT2D eigenvalue weighted by Crippen LogP contribution is -2.06. The number of para-hydroxylation sites is 1. The molecule has 3 rings (SSSR count). The minimum absolute atomic E-state index is 0.00263. The lowest BCUT2D eigenvalue weighted by molar-refractivity contribution is 0.525. The number of nitrogens with one attached hydrogen (secondary N) is 1. The number of rotatable bonds is 3. The van der Waals surface area contributed by atoms with Gasteiger partial charge in [0.05, 0.1) is 11.6 Å². The fraction of sp³-hybridized carbons (Fsp3) is 0.125. The van der Waals surface area contributed by atoms with Crippen molar-refractivity contribution in [1.29, 1.82) is 5.26 Å². The Labute approximate surface area is 116 Å². The van der Waals surface area contributed by atoms with Crippen molar-refractivity contribution >= 4 is 16.8 Å². The Hall–Kier alpha value is -2.80. The molecule has 2 heterocycles. The zero-order valence-corrected chi connectivity index (χ0v) is 11.0. The number of aromatic nitrogens is 1. The summed E-state index contributed by atoms with van der Waals surface area (Å²) in [6, 6.07) is 15.5. The molecule has 1 atom stereocenters. The summed E-state index contributed by atoms with van der Waals surface area (Å²) >= 11 is 0. The van der Waals surface area contributed by atoms with Crippen molar-refractivity contribution < 1.29 is 4.42 Å². The average molecular weight is 263 g/mol. The molecule has 0 aliphatic rings. The van der Waals surface area contributed by atoms with Crippen LogP contribution in [0.5, 0.6) is 0 Å². The number of pyridine rings is 1. The van der Waals surface area contributed by atoms with Crippen molar-refractivity contribution in [3.05, 3.63) is 60.0 Å². The molecule has 0 spiro atoms. The number of nitrogens with zero attached hydrogens (tertiary/aromatic N) is 2. The lowest BCUT2D eigenvalue weighted by atomic mass is 10.2. The fourth-order valence-electron chi connectivity index (χ4n) is 2.05. The minimum atomic E-state index is 0.00263. The molecule has 0 bridgehead atoms. The highest BCUT2D eigenvalue weighted by Crippen LogP contribution is 2.25. The molecule has 3 aromatic rings. The summed E-state index contributed by atoms with van der Waals surface area (Å²) in [4.78, 5) is 4.19. The van der Waals surface area contributed by atoms with Gasteiger partial charge in [0.25, 0.3) is 0 Å². The molecule has 1 unspecified atom stereocenters. The lowest BCUT2D eigenvalue weighted by Gasteiger charge is -2.11. The third-order valence-electron chi connectivity index (χ3n) is 3.13. The van der Waals surface area contributed by atoms with Crippen LogP contribution in [0.2, 0.25) is 0 Å². The largest absolute Gasteiger partial charge is 0.459 e.